The lowest BCUT2D eigenvalue weighted by Gasteiger charge is -2.22. The van der Waals surface area contributed by atoms with Crippen molar-refractivity contribution in [3.8, 4) is 0 Å². The van der Waals surface area contributed by atoms with Gasteiger partial charge in [-0.2, -0.15) is 0 Å². The van der Waals surface area contributed by atoms with Crippen LogP contribution in [0.3, 0.4) is 0 Å². The van der Waals surface area contributed by atoms with E-state index in [4.69, 9.17) is 4.74 Å². The van der Waals surface area contributed by atoms with Gasteiger partial charge in [0.25, 0.3) is 0 Å². The fourth-order valence-corrected chi connectivity index (χ4v) is 4.48. The van der Waals surface area contributed by atoms with Gasteiger partial charge in [-0.3, -0.25) is 4.79 Å². The van der Waals surface area contributed by atoms with Crippen LogP contribution in [0.5, 0.6) is 0 Å². The van der Waals surface area contributed by atoms with Crippen molar-refractivity contribution in [1.29, 1.82) is 0 Å². The number of aromatic nitrogens is 1. The number of esters is 1. The number of benzene rings is 1. The summed E-state index contributed by atoms with van der Waals surface area (Å²) in [6.07, 6.45) is 4.38. The zero-order valence-corrected chi connectivity index (χ0v) is 15.4. The average molecular weight is 351 g/mol. The van der Waals surface area contributed by atoms with E-state index in [0.717, 1.165) is 36.9 Å². The Morgan fingerprint density at radius 1 is 1.15 bits per heavy atom. The summed E-state index contributed by atoms with van der Waals surface area (Å²) in [4.78, 5) is 28.7. The standard InChI is InChI=1S/C22H25NO3/c1-13-7-6-10-19(13)26-22(25)21-14(2)20-17(23-21)11-16(12-18(20)24)15-8-4-3-5-9-15/h3-5,8-9,13,16,19,23H,6-7,10-12H2,1-2H3/t13-,16+,19+/m0/s1. The van der Waals surface area contributed by atoms with Crippen molar-refractivity contribution in [2.75, 3.05) is 0 Å². The smallest absolute Gasteiger partial charge is 0.355 e. The highest BCUT2D eigenvalue weighted by atomic mass is 16.5. The first-order valence-corrected chi connectivity index (χ1v) is 9.55. The number of H-pyrrole nitrogens is 1. The Morgan fingerprint density at radius 3 is 2.62 bits per heavy atom. The van der Waals surface area contributed by atoms with Gasteiger partial charge in [-0.1, -0.05) is 37.3 Å². The zero-order chi connectivity index (χ0) is 18.3. The molecule has 1 aromatic carbocycles. The van der Waals surface area contributed by atoms with Crippen molar-refractivity contribution < 1.29 is 14.3 Å². The summed E-state index contributed by atoms with van der Waals surface area (Å²) < 4.78 is 5.73. The van der Waals surface area contributed by atoms with Crippen molar-refractivity contribution >= 4 is 11.8 Å². The summed E-state index contributed by atoms with van der Waals surface area (Å²) in [7, 11) is 0. The summed E-state index contributed by atoms with van der Waals surface area (Å²) in [6.45, 7) is 3.98. The second-order valence-electron chi connectivity index (χ2n) is 7.77. The van der Waals surface area contributed by atoms with Crippen molar-refractivity contribution in [1.82, 2.24) is 4.98 Å². The number of rotatable bonds is 3. The normalized spacial score (nSPS) is 25.2. The van der Waals surface area contributed by atoms with Gasteiger partial charge in [0.05, 0.1) is 0 Å². The van der Waals surface area contributed by atoms with Crippen LogP contribution in [0.4, 0.5) is 0 Å². The van der Waals surface area contributed by atoms with Crippen molar-refractivity contribution in [3.05, 3.63) is 58.4 Å². The van der Waals surface area contributed by atoms with E-state index in [-0.39, 0.29) is 23.8 Å². The van der Waals surface area contributed by atoms with Crippen LogP contribution in [0.2, 0.25) is 0 Å². The zero-order valence-electron chi connectivity index (χ0n) is 15.4. The lowest BCUT2D eigenvalue weighted by Crippen LogP contribution is -2.21. The molecule has 1 fully saturated rings. The SMILES string of the molecule is Cc1c(C(=O)O[C@@H]2CCC[C@@H]2C)[nH]c2c1C(=O)C[C@H](c1ccccc1)C2. The van der Waals surface area contributed by atoms with Gasteiger partial charge in [-0.25, -0.2) is 4.79 Å². The van der Waals surface area contributed by atoms with Gasteiger partial charge in [-0.05, 0) is 55.6 Å². The van der Waals surface area contributed by atoms with Gasteiger partial charge >= 0.3 is 5.97 Å². The Labute approximate surface area is 154 Å². The van der Waals surface area contributed by atoms with E-state index in [9.17, 15) is 9.59 Å². The molecule has 1 aromatic heterocycles. The maximum Gasteiger partial charge on any atom is 0.355 e. The maximum atomic E-state index is 12.8. The van der Waals surface area contributed by atoms with E-state index >= 15 is 0 Å². The molecule has 26 heavy (non-hydrogen) atoms. The van der Waals surface area contributed by atoms with Crippen LogP contribution in [0.15, 0.2) is 30.3 Å². The predicted octanol–water partition coefficient (Wildman–Crippen LogP) is 4.58. The van der Waals surface area contributed by atoms with Crippen LogP contribution in [0.25, 0.3) is 0 Å². The van der Waals surface area contributed by atoms with E-state index in [1.807, 2.05) is 25.1 Å². The lowest BCUT2D eigenvalue weighted by atomic mass is 9.81. The van der Waals surface area contributed by atoms with E-state index in [0.29, 0.717) is 23.6 Å². The minimum Gasteiger partial charge on any atom is -0.457 e. The molecule has 3 atom stereocenters. The number of hydrogen-bond acceptors (Lipinski definition) is 3. The molecule has 2 aliphatic rings. The number of aromatic amines is 1. The summed E-state index contributed by atoms with van der Waals surface area (Å²) in [5, 5.41) is 0. The van der Waals surface area contributed by atoms with Crippen molar-refractivity contribution in [2.45, 2.75) is 58.0 Å². The molecule has 1 N–H and O–H groups in total. The monoisotopic (exact) mass is 351 g/mol. The van der Waals surface area contributed by atoms with Crippen LogP contribution in [-0.4, -0.2) is 22.8 Å². The molecule has 0 amide bonds. The number of fused-ring (bicyclic) bond motifs is 1. The Bertz CT molecular complexity index is 837. The average Bonchev–Trinajstić information content (AvgIpc) is 3.19. The Morgan fingerprint density at radius 2 is 1.92 bits per heavy atom. The number of nitrogens with one attached hydrogen (secondary N) is 1. The first kappa shape index (κ1) is 17.1. The van der Waals surface area contributed by atoms with Gasteiger partial charge in [-0.15, -0.1) is 0 Å². The predicted molar refractivity (Wildman–Crippen MR) is 99.6 cm³/mol. The molecule has 136 valence electrons. The third-order valence-corrected chi connectivity index (χ3v) is 6.01. The quantitative estimate of drug-likeness (QED) is 0.823. The third kappa shape index (κ3) is 2.98. The molecule has 4 rings (SSSR count). The van der Waals surface area contributed by atoms with Gasteiger partial charge in [0.15, 0.2) is 5.78 Å². The number of ketones is 1. The van der Waals surface area contributed by atoms with E-state index in [1.54, 1.807) is 0 Å². The molecule has 4 nitrogen and oxygen atoms in total. The first-order valence-electron chi connectivity index (χ1n) is 9.55. The third-order valence-electron chi connectivity index (χ3n) is 6.01. The van der Waals surface area contributed by atoms with E-state index in [1.165, 1.54) is 5.56 Å². The molecule has 2 aliphatic carbocycles. The molecule has 1 heterocycles. The van der Waals surface area contributed by atoms with Gasteiger partial charge in [0.2, 0.25) is 0 Å². The molecular formula is C22H25NO3. The molecule has 0 aliphatic heterocycles. The number of hydrogen-bond donors (Lipinski definition) is 1. The lowest BCUT2D eigenvalue weighted by molar-refractivity contribution is 0.0219. The second-order valence-corrected chi connectivity index (χ2v) is 7.77. The highest BCUT2D eigenvalue weighted by molar-refractivity contribution is 6.03. The minimum atomic E-state index is -0.320. The van der Waals surface area contributed by atoms with Gasteiger partial charge < -0.3 is 9.72 Å². The Balaban J connectivity index is 1.59. The number of Topliss-reactive ketones (excluding diaryl/α,β-unsaturated/α-hetero) is 1. The fraction of sp³-hybridized carbons (Fsp3) is 0.455. The number of ether oxygens (including phenoxy) is 1. The molecular weight excluding hydrogens is 326 g/mol. The van der Waals surface area contributed by atoms with Crippen molar-refractivity contribution in [2.24, 2.45) is 5.92 Å². The summed E-state index contributed by atoms with van der Waals surface area (Å²) >= 11 is 0. The minimum absolute atomic E-state index is 0.00463. The van der Waals surface area contributed by atoms with Crippen LogP contribution >= 0.6 is 0 Å². The molecule has 0 radical (unpaired) electrons. The van der Waals surface area contributed by atoms with Gasteiger partial charge in [0.1, 0.15) is 11.8 Å². The van der Waals surface area contributed by atoms with Crippen LogP contribution in [-0.2, 0) is 11.2 Å². The van der Waals surface area contributed by atoms with Crippen LogP contribution < -0.4 is 0 Å². The molecule has 0 spiro atoms. The molecule has 0 saturated heterocycles. The molecule has 0 unspecified atom stereocenters. The molecule has 1 saturated carbocycles. The number of carbonyl (C=O) groups excluding carboxylic acids is 2. The Kier molecular flexibility index (Phi) is 4.43. The highest BCUT2D eigenvalue weighted by Gasteiger charge is 2.34. The molecule has 2 aromatic rings. The van der Waals surface area contributed by atoms with Crippen LogP contribution in [0.1, 0.15) is 76.2 Å². The summed E-state index contributed by atoms with van der Waals surface area (Å²) in [6, 6.07) is 10.1. The van der Waals surface area contributed by atoms with E-state index < -0.39 is 0 Å². The maximum absolute atomic E-state index is 12.8. The van der Waals surface area contributed by atoms with Gasteiger partial charge in [0, 0.05) is 17.7 Å². The molecule has 0 bridgehead atoms. The second kappa shape index (κ2) is 6.75. The van der Waals surface area contributed by atoms with Crippen molar-refractivity contribution in [3.63, 3.8) is 0 Å². The summed E-state index contributed by atoms with van der Waals surface area (Å²) in [5.41, 5.74) is 3.94. The fourth-order valence-electron chi connectivity index (χ4n) is 4.48. The first-order chi connectivity index (χ1) is 12.5. The van der Waals surface area contributed by atoms with E-state index in [2.05, 4.69) is 24.0 Å². The topological polar surface area (TPSA) is 59.2 Å². The Hall–Kier alpha value is -2.36. The highest BCUT2D eigenvalue weighted by Crippen LogP contribution is 2.35. The molecule has 4 heteroatoms. The van der Waals surface area contributed by atoms with Crippen LogP contribution in [0, 0.1) is 12.8 Å². The number of carbonyl (C=O) groups is 2. The summed E-state index contributed by atoms with van der Waals surface area (Å²) in [5.74, 6) is 0.364. The largest absolute Gasteiger partial charge is 0.457 e.